The number of hydrogen-bond donors (Lipinski definition) is 2. The number of aliphatic hydroxyl groups excluding tert-OH is 2. The van der Waals surface area contributed by atoms with Gasteiger partial charge in [-0.3, -0.25) is 4.79 Å². The summed E-state index contributed by atoms with van der Waals surface area (Å²) in [6, 6.07) is 7.43. The molecule has 0 spiro atoms. The van der Waals surface area contributed by atoms with Crippen LogP contribution >= 0.6 is 11.6 Å². The number of amides is 1. The minimum Gasteiger partial charge on any atom is -0.394 e. The number of hydrogen-bond acceptors (Lipinski definition) is 5. The van der Waals surface area contributed by atoms with Gasteiger partial charge in [0, 0.05) is 42.5 Å². The molecule has 0 unspecified atom stereocenters. The first-order chi connectivity index (χ1) is 15.5. The fraction of sp³-hybridized carbons (Fsp3) is 0.708. The third-order valence-corrected chi connectivity index (χ3v) is 10.1. The molecule has 1 heterocycles. The molecule has 1 amide bonds. The molecule has 3 fully saturated rings. The van der Waals surface area contributed by atoms with Crippen molar-refractivity contribution in [2.24, 2.45) is 11.3 Å². The molecule has 1 aromatic rings. The topological polar surface area (TPSA) is 98.1 Å². The molecule has 33 heavy (non-hydrogen) atoms. The van der Waals surface area contributed by atoms with Crippen molar-refractivity contribution in [1.29, 1.82) is 0 Å². The van der Waals surface area contributed by atoms with Gasteiger partial charge in [-0.1, -0.05) is 30.7 Å². The van der Waals surface area contributed by atoms with Crippen molar-refractivity contribution in [2.75, 3.05) is 26.7 Å². The molecule has 3 aliphatic rings. The van der Waals surface area contributed by atoms with E-state index in [-0.39, 0.29) is 42.0 Å². The zero-order valence-corrected chi connectivity index (χ0v) is 20.9. The van der Waals surface area contributed by atoms with Crippen LogP contribution in [0.15, 0.2) is 24.3 Å². The number of likely N-dealkylation sites (tertiary alicyclic amines) is 1. The number of rotatable bonds is 10. The van der Waals surface area contributed by atoms with Gasteiger partial charge in [0.1, 0.15) is 0 Å². The second-order valence-corrected chi connectivity index (χ2v) is 13.2. The summed E-state index contributed by atoms with van der Waals surface area (Å²) in [5.41, 5.74) is 0.160. The van der Waals surface area contributed by atoms with Gasteiger partial charge in [0.05, 0.1) is 18.0 Å². The number of benzene rings is 1. The van der Waals surface area contributed by atoms with Gasteiger partial charge in [-0.2, -0.15) is 0 Å². The van der Waals surface area contributed by atoms with Crippen LogP contribution in [0.3, 0.4) is 0 Å². The van der Waals surface area contributed by atoms with E-state index in [9.17, 15) is 23.4 Å². The number of carbonyl (C=O) groups excluding carboxylic acids is 1. The third kappa shape index (κ3) is 5.40. The Morgan fingerprint density at radius 1 is 1.27 bits per heavy atom. The van der Waals surface area contributed by atoms with Gasteiger partial charge in [-0.05, 0) is 62.1 Å². The lowest BCUT2D eigenvalue weighted by atomic mass is 9.70. The molecule has 2 N–H and O–H groups in total. The fourth-order valence-electron chi connectivity index (χ4n) is 5.36. The normalized spacial score (nSPS) is 28.2. The molecule has 9 heteroatoms. The Morgan fingerprint density at radius 3 is 2.55 bits per heavy atom. The average Bonchev–Trinajstić information content (AvgIpc) is 3.66. The van der Waals surface area contributed by atoms with Gasteiger partial charge in [0.15, 0.2) is 0 Å². The van der Waals surface area contributed by atoms with Crippen LogP contribution in [0.5, 0.6) is 0 Å². The van der Waals surface area contributed by atoms with Gasteiger partial charge >= 0.3 is 0 Å². The summed E-state index contributed by atoms with van der Waals surface area (Å²) in [4.78, 5) is 15.7. The van der Waals surface area contributed by atoms with Crippen LogP contribution in [0.4, 0.5) is 0 Å². The first-order valence-electron chi connectivity index (χ1n) is 11.9. The number of likely N-dealkylation sites (N-methyl/N-ethyl adjacent to an activating group) is 1. The minimum absolute atomic E-state index is 0.00360. The maximum Gasteiger partial charge on any atom is 0.228 e. The van der Waals surface area contributed by atoms with Crippen LogP contribution in [-0.4, -0.2) is 77.9 Å². The molecule has 1 saturated heterocycles. The number of sulfonamides is 1. The summed E-state index contributed by atoms with van der Waals surface area (Å²) in [6.45, 7) is 2.23. The van der Waals surface area contributed by atoms with E-state index in [0.717, 1.165) is 18.4 Å². The first kappa shape index (κ1) is 24.9. The molecule has 4 rings (SSSR count). The Balaban J connectivity index is 1.64. The zero-order chi connectivity index (χ0) is 24.0. The zero-order valence-electron chi connectivity index (χ0n) is 19.4. The van der Waals surface area contributed by atoms with E-state index in [0.29, 0.717) is 30.8 Å². The highest BCUT2D eigenvalue weighted by molar-refractivity contribution is 7.90. The molecular weight excluding hydrogens is 464 g/mol. The van der Waals surface area contributed by atoms with Crippen LogP contribution in [0.2, 0.25) is 5.02 Å². The molecule has 1 aliphatic heterocycles. The van der Waals surface area contributed by atoms with Crippen LogP contribution in [0.1, 0.15) is 56.9 Å². The van der Waals surface area contributed by atoms with E-state index >= 15 is 0 Å². The smallest absolute Gasteiger partial charge is 0.228 e. The highest BCUT2D eigenvalue weighted by Gasteiger charge is 2.50. The molecule has 1 aromatic carbocycles. The SMILES string of the molecule is CN(C[C@H](C1CC1)N1C[C@H](c2cccc(Cl)c2)C[C@@](C)(C[C@H](O)CO)C1=O)S(=O)(=O)C1CC1. The van der Waals surface area contributed by atoms with Crippen molar-refractivity contribution in [3.05, 3.63) is 34.9 Å². The van der Waals surface area contributed by atoms with Crippen molar-refractivity contribution in [2.45, 2.75) is 68.8 Å². The summed E-state index contributed by atoms with van der Waals surface area (Å²) >= 11 is 6.26. The van der Waals surface area contributed by atoms with Gasteiger partial charge in [0.25, 0.3) is 0 Å². The van der Waals surface area contributed by atoms with E-state index in [1.54, 1.807) is 7.05 Å². The largest absolute Gasteiger partial charge is 0.394 e. The summed E-state index contributed by atoms with van der Waals surface area (Å²) < 4.78 is 27.1. The Bertz CT molecular complexity index is 981. The number of carbonyl (C=O) groups is 1. The lowest BCUT2D eigenvalue weighted by Crippen LogP contribution is -2.58. The number of aliphatic hydroxyl groups is 2. The van der Waals surface area contributed by atoms with Crippen LogP contribution in [-0.2, 0) is 14.8 Å². The summed E-state index contributed by atoms with van der Waals surface area (Å²) in [5.74, 6) is 0.210. The van der Waals surface area contributed by atoms with Crippen molar-refractivity contribution in [1.82, 2.24) is 9.21 Å². The van der Waals surface area contributed by atoms with Crippen LogP contribution in [0, 0.1) is 11.3 Å². The highest BCUT2D eigenvalue weighted by Crippen LogP contribution is 2.46. The predicted molar refractivity (Wildman–Crippen MR) is 127 cm³/mol. The highest BCUT2D eigenvalue weighted by atomic mass is 35.5. The van der Waals surface area contributed by atoms with Gasteiger partial charge < -0.3 is 15.1 Å². The number of nitrogens with zero attached hydrogens (tertiary/aromatic N) is 2. The molecule has 184 valence electrons. The lowest BCUT2D eigenvalue weighted by Gasteiger charge is -2.48. The Morgan fingerprint density at radius 2 is 1.97 bits per heavy atom. The number of piperidine rings is 1. The van der Waals surface area contributed by atoms with E-state index in [2.05, 4.69) is 0 Å². The standard InChI is InChI=1S/C24H35ClN2O5S/c1-24(12-20(29)15-28)11-18(17-4-3-5-19(25)10-17)13-27(23(24)30)22(16-6-7-16)14-26(2)33(31,32)21-8-9-21/h3-5,10,16,18,20-22,28-29H,6-9,11-15H2,1-2H3/t18-,20+,22-,24+/m1/s1. The predicted octanol–water partition coefficient (Wildman–Crippen LogP) is 2.61. The van der Waals surface area contributed by atoms with Gasteiger partial charge in [-0.25, -0.2) is 12.7 Å². The molecule has 0 aromatic heterocycles. The Kier molecular flexibility index (Phi) is 7.14. The molecular formula is C24H35ClN2O5S. The van der Waals surface area contributed by atoms with E-state index in [1.807, 2.05) is 36.1 Å². The summed E-state index contributed by atoms with van der Waals surface area (Å²) in [6.07, 6.45) is 3.06. The van der Waals surface area contributed by atoms with E-state index < -0.39 is 28.1 Å². The first-order valence-corrected chi connectivity index (χ1v) is 13.7. The lowest BCUT2D eigenvalue weighted by molar-refractivity contribution is -0.152. The average molecular weight is 499 g/mol. The van der Waals surface area contributed by atoms with Gasteiger partial charge in [-0.15, -0.1) is 0 Å². The minimum atomic E-state index is -3.34. The molecule has 0 bridgehead atoms. The van der Waals surface area contributed by atoms with Crippen molar-refractivity contribution in [3.8, 4) is 0 Å². The van der Waals surface area contributed by atoms with E-state index in [1.165, 1.54) is 4.31 Å². The fourth-order valence-corrected chi connectivity index (χ4v) is 7.16. The molecule has 7 nitrogen and oxygen atoms in total. The van der Waals surface area contributed by atoms with Gasteiger partial charge in [0.2, 0.25) is 15.9 Å². The van der Waals surface area contributed by atoms with Crippen LogP contribution in [0.25, 0.3) is 0 Å². The third-order valence-electron chi connectivity index (χ3n) is 7.50. The maximum atomic E-state index is 13.8. The summed E-state index contributed by atoms with van der Waals surface area (Å²) in [7, 11) is -1.72. The van der Waals surface area contributed by atoms with Crippen molar-refractivity contribution < 1.29 is 23.4 Å². The second-order valence-electron chi connectivity index (χ2n) is 10.4. The van der Waals surface area contributed by atoms with E-state index in [4.69, 9.17) is 11.6 Å². The van der Waals surface area contributed by atoms with Crippen molar-refractivity contribution in [3.63, 3.8) is 0 Å². The van der Waals surface area contributed by atoms with Crippen LogP contribution < -0.4 is 0 Å². The number of halogens is 1. The van der Waals surface area contributed by atoms with Crippen molar-refractivity contribution >= 4 is 27.5 Å². The quantitative estimate of drug-likeness (QED) is 0.516. The molecule has 0 radical (unpaired) electrons. The molecule has 2 aliphatic carbocycles. The monoisotopic (exact) mass is 498 g/mol. The Hall–Kier alpha value is -1.19. The molecule has 2 saturated carbocycles. The molecule has 4 atom stereocenters. The maximum absolute atomic E-state index is 13.8. The summed E-state index contributed by atoms with van der Waals surface area (Å²) in [5, 5.41) is 20.0. The Labute approximate surface area is 201 Å². The second kappa shape index (κ2) is 9.46.